The number of aliphatic hydroxyl groups is 1. The van der Waals surface area contributed by atoms with E-state index in [0.29, 0.717) is 24.8 Å². The number of hydrogen-bond donors (Lipinski definition) is 2. The number of rotatable bonds is 2. The molecule has 2 fully saturated rings. The van der Waals surface area contributed by atoms with Crippen LogP contribution in [0, 0.1) is 5.92 Å². The molecule has 1 aromatic rings. The van der Waals surface area contributed by atoms with Crippen LogP contribution in [0.4, 0.5) is 0 Å². The molecule has 1 aliphatic carbocycles. The molecule has 0 amide bonds. The van der Waals surface area contributed by atoms with Crippen molar-refractivity contribution in [3.05, 3.63) is 11.7 Å². The van der Waals surface area contributed by atoms with E-state index in [1.54, 1.807) is 0 Å². The fourth-order valence-corrected chi connectivity index (χ4v) is 2.90. The summed E-state index contributed by atoms with van der Waals surface area (Å²) in [4.78, 5) is 4.49. The Bertz CT molecular complexity index is 358. The van der Waals surface area contributed by atoms with Gasteiger partial charge in [0.2, 0.25) is 5.89 Å². The van der Waals surface area contributed by atoms with Crippen LogP contribution in [0.3, 0.4) is 0 Å². The molecule has 2 heterocycles. The maximum Gasteiger partial charge on any atom is 0.243 e. The molecule has 2 unspecified atom stereocenters. The summed E-state index contributed by atoms with van der Waals surface area (Å²) in [6, 6.07) is 0.0325. The Hall–Kier alpha value is -0.940. The quantitative estimate of drug-likeness (QED) is 0.813. The zero-order valence-corrected chi connectivity index (χ0v) is 10.1. The summed E-state index contributed by atoms with van der Waals surface area (Å²) in [6.45, 7) is 2.89. The van der Waals surface area contributed by atoms with E-state index < -0.39 is 0 Å². The maximum absolute atomic E-state index is 9.46. The highest BCUT2D eigenvalue weighted by atomic mass is 16.5. The summed E-state index contributed by atoms with van der Waals surface area (Å²) in [5, 5.41) is 16.7. The third-order valence-corrected chi connectivity index (χ3v) is 3.92. The van der Waals surface area contributed by atoms with Crippen LogP contribution in [0.5, 0.6) is 0 Å². The summed E-state index contributed by atoms with van der Waals surface area (Å²) in [5.74, 6) is 2.73. The van der Waals surface area contributed by atoms with Gasteiger partial charge in [-0.15, -0.1) is 0 Å². The molecule has 1 saturated carbocycles. The number of β-amino-alcohol motifs (C(OH)–C–C–N with tert-alkyl or cyclic N) is 1. The second kappa shape index (κ2) is 4.38. The fraction of sp³-hybridized carbons (Fsp3) is 0.833. The highest BCUT2D eigenvalue weighted by Crippen LogP contribution is 2.37. The van der Waals surface area contributed by atoms with E-state index in [-0.39, 0.29) is 12.1 Å². The molecule has 94 valence electrons. The molecule has 17 heavy (non-hydrogen) atoms. The summed E-state index contributed by atoms with van der Waals surface area (Å²) < 4.78 is 5.31. The topological polar surface area (TPSA) is 71.2 Å². The first kappa shape index (κ1) is 11.2. The highest BCUT2D eigenvalue weighted by Gasteiger charge is 2.31. The summed E-state index contributed by atoms with van der Waals surface area (Å²) in [7, 11) is 0. The van der Waals surface area contributed by atoms with Crippen molar-refractivity contribution < 1.29 is 9.63 Å². The minimum atomic E-state index is -0.290. The van der Waals surface area contributed by atoms with E-state index in [1.807, 2.05) is 0 Å². The molecule has 2 N–H and O–H groups in total. The van der Waals surface area contributed by atoms with Crippen LogP contribution in [0.1, 0.15) is 56.3 Å². The maximum atomic E-state index is 9.46. The van der Waals surface area contributed by atoms with Gasteiger partial charge in [0.15, 0.2) is 5.82 Å². The molecule has 5 heteroatoms. The predicted molar refractivity (Wildman–Crippen MR) is 61.4 cm³/mol. The minimum Gasteiger partial charge on any atom is -0.392 e. The van der Waals surface area contributed by atoms with Crippen LogP contribution in [-0.2, 0) is 0 Å². The minimum absolute atomic E-state index is 0.0325. The summed E-state index contributed by atoms with van der Waals surface area (Å²) in [6.07, 6.45) is 3.97. The van der Waals surface area contributed by atoms with Crippen molar-refractivity contribution >= 4 is 0 Å². The molecule has 3 rings (SSSR count). The standard InChI is InChI=1S/C12H19N3O2/c1-7-2-3-8(4-7)11-14-12(17-15-11)10-5-9(16)6-13-10/h7-10,13,16H,2-6H2,1H3/t7?,8?,9-,10-/m1/s1. The van der Waals surface area contributed by atoms with Gasteiger partial charge in [-0.2, -0.15) is 4.98 Å². The molecule has 0 bridgehead atoms. The van der Waals surface area contributed by atoms with Crippen molar-refractivity contribution in [1.29, 1.82) is 0 Å². The third-order valence-electron chi connectivity index (χ3n) is 3.92. The Balaban J connectivity index is 1.70. The molecule has 0 spiro atoms. The van der Waals surface area contributed by atoms with Gasteiger partial charge < -0.3 is 14.9 Å². The Labute approximate surface area is 101 Å². The Morgan fingerprint density at radius 2 is 2.24 bits per heavy atom. The number of nitrogens with zero attached hydrogens (tertiary/aromatic N) is 2. The normalized spacial score (nSPS) is 37.8. The van der Waals surface area contributed by atoms with Crippen LogP contribution >= 0.6 is 0 Å². The molecule has 2 aliphatic rings. The molecule has 1 aromatic heterocycles. The lowest BCUT2D eigenvalue weighted by Gasteiger charge is -2.03. The second-order valence-electron chi connectivity index (χ2n) is 5.46. The SMILES string of the molecule is CC1CCC(c2noc([C@H]3C[C@@H](O)CN3)n2)C1. The number of hydrogen-bond acceptors (Lipinski definition) is 5. The number of nitrogens with one attached hydrogen (secondary N) is 1. The highest BCUT2D eigenvalue weighted by molar-refractivity contribution is 5.03. The van der Waals surface area contributed by atoms with Gasteiger partial charge in [0.05, 0.1) is 12.1 Å². The first-order valence-electron chi connectivity index (χ1n) is 6.47. The first-order chi connectivity index (χ1) is 8.22. The smallest absolute Gasteiger partial charge is 0.243 e. The Kier molecular flexibility index (Phi) is 2.88. The average Bonchev–Trinajstić information content (AvgIpc) is 2.96. The van der Waals surface area contributed by atoms with E-state index in [4.69, 9.17) is 4.52 Å². The van der Waals surface area contributed by atoms with Crippen molar-refractivity contribution in [3.63, 3.8) is 0 Å². The summed E-state index contributed by atoms with van der Waals surface area (Å²) in [5.41, 5.74) is 0. The lowest BCUT2D eigenvalue weighted by Crippen LogP contribution is -2.15. The largest absolute Gasteiger partial charge is 0.392 e. The van der Waals surface area contributed by atoms with E-state index in [2.05, 4.69) is 22.4 Å². The molecule has 4 atom stereocenters. The van der Waals surface area contributed by atoms with Gasteiger partial charge in [-0.1, -0.05) is 12.1 Å². The van der Waals surface area contributed by atoms with Crippen LogP contribution in [0.25, 0.3) is 0 Å². The molecule has 5 nitrogen and oxygen atoms in total. The van der Waals surface area contributed by atoms with Crippen molar-refractivity contribution in [2.45, 2.75) is 50.7 Å². The van der Waals surface area contributed by atoms with Gasteiger partial charge in [-0.05, 0) is 31.6 Å². The van der Waals surface area contributed by atoms with Crippen LogP contribution in [0.15, 0.2) is 4.52 Å². The first-order valence-corrected chi connectivity index (χ1v) is 6.47. The van der Waals surface area contributed by atoms with Crippen molar-refractivity contribution in [1.82, 2.24) is 15.5 Å². The van der Waals surface area contributed by atoms with Gasteiger partial charge in [-0.25, -0.2) is 0 Å². The molecular weight excluding hydrogens is 218 g/mol. The molecule has 0 aromatic carbocycles. The zero-order valence-electron chi connectivity index (χ0n) is 10.1. The third kappa shape index (κ3) is 2.21. The van der Waals surface area contributed by atoms with Gasteiger partial charge in [0.25, 0.3) is 0 Å². The van der Waals surface area contributed by atoms with Crippen molar-refractivity contribution in [3.8, 4) is 0 Å². The monoisotopic (exact) mass is 237 g/mol. The lowest BCUT2D eigenvalue weighted by atomic mass is 10.1. The lowest BCUT2D eigenvalue weighted by molar-refractivity contribution is 0.191. The average molecular weight is 237 g/mol. The molecular formula is C12H19N3O2. The van der Waals surface area contributed by atoms with Crippen LogP contribution < -0.4 is 5.32 Å². The van der Waals surface area contributed by atoms with Crippen LogP contribution in [0.2, 0.25) is 0 Å². The second-order valence-corrected chi connectivity index (χ2v) is 5.46. The predicted octanol–water partition coefficient (Wildman–Crippen LogP) is 1.37. The van der Waals surface area contributed by atoms with E-state index in [1.165, 1.54) is 19.3 Å². The fourth-order valence-electron chi connectivity index (χ4n) is 2.90. The number of aliphatic hydroxyl groups excluding tert-OH is 1. The number of aromatic nitrogens is 2. The van der Waals surface area contributed by atoms with Gasteiger partial charge >= 0.3 is 0 Å². The Morgan fingerprint density at radius 1 is 1.35 bits per heavy atom. The Morgan fingerprint density at radius 3 is 2.88 bits per heavy atom. The van der Waals surface area contributed by atoms with E-state index >= 15 is 0 Å². The molecule has 1 saturated heterocycles. The van der Waals surface area contributed by atoms with Crippen molar-refractivity contribution in [2.24, 2.45) is 5.92 Å². The molecule has 1 aliphatic heterocycles. The zero-order chi connectivity index (χ0) is 11.8. The molecule has 0 radical (unpaired) electrons. The van der Waals surface area contributed by atoms with E-state index in [9.17, 15) is 5.11 Å². The van der Waals surface area contributed by atoms with Crippen molar-refractivity contribution in [2.75, 3.05) is 6.54 Å². The van der Waals surface area contributed by atoms with Gasteiger partial charge in [0, 0.05) is 12.5 Å². The van der Waals surface area contributed by atoms with Gasteiger partial charge in [-0.3, -0.25) is 0 Å². The van der Waals surface area contributed by atoms with Crippen LogP contribution in [-0.4, -0.2) is 27.9 Å². The van der Waals surface area contributed by atoms with E-state index in [0.717, 1.165) is 11.7 Å². The van der Waals surface area contributed by atoms with Gasteiger partial charge in [0.1, 0.15) is 0 Å². The summed E-state index contributed by atoms with van der Waals surface area (Å²) >= 11 is 0.